The molecule has 0 fully saturated rings. The van der Waals surface area contributed by atoms with Gasteiger partial charge in [-0.25, -0.2) is 0 Å². The van der Waals surface area contributed by atoms with Gasteiger partial charge in [0.05, 0.1) is 38.9 Å². The SMILES string of the molecule is CCC(C)CCCCCCCCCCC(=O)C(CSC[C@H](NC(C)=O)C(=O)[O-])[N+](C)(C)C. The normalized spacial score (nSPS) is 14.6. The summed E-state index contributed by atoms with van der Waals surface area (Å²) in [7, 11) is 5.98. The number of rotatable bonds is 20. The highest BCUT2D eigenvalue weighted by molar-refractivity contribution is 7.99. The van der Waals surface area contributed by atoms with E-state index >= 15 is 0 Å². The number of aliphatic carboxylic acids is 1. The zero-order chi connectivity index (χ0) is 24.6. The van der Waals surface area contributed by atoms with Crippen molar-refractivity contribution in [1.82, 2.24) is 5.32 Å². The molecule has 0 heterocycles. The molecule has 0 aliphatic carbocycles. The number of Topliss-reactive ketones (excluding diaryl/α,β-unsaturated/α-hetero) is 1. The van der Waals surface area contributed by atoms with Crippen molar-refractivity contribution in [3.8, 4) is 0 Å². The zero-order valence-corrected chi connectivity index (χ0v) is 22.2. The monoisotopic (exact) mass is 472 g/mol. The molecule has 1 N–H and O–H groups in total. The first-order valence-electron chi connectivity index (χ1n) is 12.4. The summed E-state index contributed by atoms with van der Waals surface area (Å²) in [6, 6.07) is -1.22. The van der Waals surface area contributed by atoms with E-state index in [9.17, 15) is 19.5 Å². The summed E-state index contributed by atoms with van der Waals surface area (Å²) < 4.78 is 0.513. The number of nitrogens with zero attached hydrogens (tertiary/aromatic N) is 1. The molecule has 0 saturated heterocycles. The van der Waals surface area contributed by atoms with Gasteiger partial charge in [-0.1, -0.05) is 71.6 Å². The number of nitrogens with one attached hydrogen (secondary N) is 1. The van der Waals surface area contributed by atoms with Gasteiger partial charge in [0, 0.05) is 19.1 Å². The molecule has 0 aliphatic heterocycles. The van der Waals surface area contributed by atoms with Crippen LogP contribution < -0.4 is 10.4 Å². The molecule has 0 radical (unpaired) electrons. The molecule has 0 aromatic rings. The second-order valence-electron chi connectivity index (χ2n) is 10.1. The van der Waals surface area contributed by atoms with Gasteiger partial charge in [-0.2, -0.15) is 11.8 Å². The second-order valence-corrected chi connectivity index (χ2v) is 11.2. The topological polar surface area (TPSA) is 86.3 Å². The van der Waals surface area contributed by atoms with Crippen molar-refractivity contribution in [1.29, 1.82) is 0 Å². The molecule has 3 atom stereocenters. The minimum atomic E-state index is -1.30. The third kappa shape index (κ3) is 15.7. The number of likely N-dealkylation sites (N-methyl/N-ethyl adjacent to an activating group) is 1. The number of carboxylic acid groups (broad SMARTS) is 1. The highest BCUT2D eigenvalue weighted by Crippen LogP contribution is 2.18. The largest absolute Gasteiger partial charge is 0.548 e. The van der Waals surface area contributed by atoms with E-state index in [0.717, 1.165) is 18.8 Å². The molecular formula is C25H48N2O4S. The van der Waals surface area contributed by atoms with Gasteiger partial charge in [-0.15, -0.1) is 0 Å². The predicted molar refractivity (Wildman–Crippen MR) is 132 cm³/mol. The number of unbranched alkanes of at least 4 members (excludes halogenated alkanes) is 7. The van der Waals surface area contributed by atoms with Crippen LogP contribution in [0.4, 0.5) is 0 Å². The Morgan fingerprint density at radius 3 is 1.91 bits per heavy atom. The van der Waals surface area contributed by atoms with Crippen LogP contribution in [0.1, 0.15) is 91.4 Å². The number of carbonyl (C=O) groups excluding carboxylic acids is 3. The van der Waals surface area contributed by atoms with Crippen LogP contribution in [0.5, 0.6) is 0 Å². The van der Waals surface area contributed by atoms with E-state index in [2.05, 4.69) is 19.2 Å². The van der Waals surface area contributed by atoms with Crippen LogP contribution in [0.3, 0.4) is 0 Å². The van der Waals surface area contributed by atoms with Crippen LogP contribution >= 0.6 is 11.8 Å². The maximum atomic E-state index is 12.8. The van der Waals surface area contributed by atoms with Crippen molar-refractivity contribution in [2.24, 2.45) is 5.92 Å². The van der Waals surface area contributed by atoms with E-state index < -0.39 is 17.9 Å². The Morgan fingerprint density at radius 1 is 0.906 bits per heavy atom. The van der Waals surface area contributed by atoms with Gasteiger partial charge in [0.25, 0.3) is 0 Å². The van der Waals surface area contributed by atoms with Crippen LogP contribution in [-0.4, -0.2) is 66.9 Å². The lowest BCUT2D eigenvalue weighted by atomic mass is 9.99. The summed E-state index contributed by atoms with van der Waals surface area (Å²) in [6.45, 7) is 5.88. The minimum Gasteiger partial charge on any atom is -0.548 e. The van der Waals surface area contributed by atoms with Gasteiger partial charge in [0.2, 0.25) is 5.91 Å². The van der Waals surface area contributed by atoms with Crippen molar-refractivity contribution in [2.45, 2.75) is 103 Å². The van der Waals surface area contributed by atoms with Crippen molar-refractivity contribution in [2.75, 3.05) is 32.6 Å². The minimum absolute atomic E-state index is 0.190. The molecule has 0 aromatic heterocycles. The molecule has 0 spiro atoms. The third-order valence-electron chi connectivity index (χ3n) is 6.10. The number of carbonyl (C=O) groups is 3. The summed E-state index contributed by atoms with van der Waals surface area (Å²) in [5.41, 5.74) is 0. The van der Waals surface area contributed by atoms with E-state index in [1.165, 1.54) is 70.1 Å². The third-order valence-corrected chi connectivity index (χ3v) is 7.22. The van der Waals surface area contributed by atoms with Gasteiger partial charge in [-0.3, -0.25) is 9.59 Å². The Hall–Kier alpha value is -1.08. The Bertz CT molecular complexity index is 549. The fraction of sp³-hybridized carbons (Fsp3) is 0.880. The Kier molecular flexibility index (Phi) is 16.8. The summed E-state index contributed by atoms with van der Waals surface area (Å²) >= 11 is 1.38. The van der Waals surface area contributed by atoms with Crippen LogP contribution in [0.25, 0.3) is 0 Å². The Morgan fingerprint density at radius 2 is 1.44 bits per heavy atom. The molecule has 32 heavy (non-hydrogen) atoms. The molecule has 0 saturated carbocycles. The lowest BCUT2D eigenvalue weighted by molar-refractivity contribution is -0.883. The van der Waals surface area contributed by atoms with Crippen molar-refractivity contribution in [3.63, 3.8) is 0 Å². The zero-order valence-electron chi connectivity index (χ0n) is 21.4. The van der Waals surface area contributed by atoms with Crippen molar-refractivity contribution < 1.29 is 24.0 Å². The van der Waals surface area contributed by atoms with Crippen molar-refractivity contribution >= 4 is 29.4 Å². The standard InChI is InChI=1S/C25H48N2O4S/c1-7-20(2)16-14-12-10-8-9-11-13-15-17-24(29)23(27(4,5)6)19-32-18-22(25(30)31)26-21(3)28/h20,22-23H,7-19H2,1-6H3,(H-,26,28,30,31)/t20?,22-,23?/m0/s1. The Labute approximate surface area is 200 Å². The number of carboxylic acids is 1. The van der Waals surface area contributed by atoms with Crippen LogP contribution in [0, 0.1) is 5.92 Å². The van der Waals surface area contributed by atoms with E-state index in [1.54, 1.807) is 0 Å². The second kappa shape index (κ2) is 17.4. The number of quaternary nitrogens is 1. The lowest BCUT2D eigenvalue weighted by Crippen LogP contribution is -2.52. The first kappa shape index (κ1) is 30.9. The average Bonchev–Trinajstić information content (AvgIpc) is 2.69. The number of ketones is 1. The van der Waals surface area contributed by atoms with Gasteiger partial charge < -0.3 is 19.7 Å². The molecule has 1 amide bonds. The van der Waals surface area contributed by atoms with Gasteiger partial charge >= 0.3 is 0 Å². The number of thioether (sulfide) groups is 1. The lowest BCUT2D eigenvalue weighted by Gasteiger charge is -2.33. The highest BCUT2D eigenvalue weighted by Gasteiger charge is 2.31. The predicted octanol–water partition coefficient (Wildman–Crippen LogP) is 3.57. The number of amides is 1. The highest BCUT2D eigenvalue weighted by atomic mass is 32.2. The molecule has 7 heteroatoms. The molecule has 6 nitrogen and oxygen atoms in total. The number of hydrogen-bond donors (Lipinski definition) is 1. The molecule has 0 rings (SSSR count). The molecule has 0 aliphatic rings. The smallest absolute Gasteiger partial charge is 0.217 e. The molecule has 2 unspecified atom stereocenters. The Balaban J connectivity index is 4.15. The number of hydrogen-bond acceptors (Lipinski definition) is 5. The summed E-state index contributed by atoms with van der Waals surface area (Å²) in [5, 5.41) is 13.6. The molecule has 188 valence electrons. The molecule has 0 bridgehead atoms. The molecule has 0 aromatic carbocycles. The summed E-state index contributed by atoms with van der Waals surface area (Å²) in [5.74, 6) is 0.126. The van der Waals surface area contributed by atoms with Crippen molar-refractivity contribution in [3.05, 3.63) is 0 Å². The fourth-order valence-corrected chi connectivity index (χ4v) is 5.13. The van der Waals surface area contributed by atoms with E-state index in [0.29, 0.717) is 16.7 Å². The van der Waals surface area contributed by atoms with E-state index in [-0.39, 0.29) is 17.6 Å². The maximum absolute atomic E-state index is 12.8. The first-order valence-corrected chi connectivity index (χ1v) is 13.5. The fourth-order valence-electron chi connectivity index (χ4n) is 3.68. The maximum Gasteiger partial charge on any atom is 0.217 e. The van der Waals surface area contributed by atoms with Crippen LogP contribution in [0.2, 0.25) is 0 Å². The van der Waals surface area contributed by atoms with Crippen LogP contribution in [0.15, 0.2) is 0 Å². The van der Waals surface area contributed by atoms with Gasteiger partial charge in [0.15, 0.2) is 11.8 Å². The quantitative estimate of drug-likeness (QED) is 0.216. The van der Waals surface area contributed by atoms with Crippen LogP contribution in [-0.2, 0) is 14.4 Å². The van der Waals surface area contributed by atoms with Gasteiger partial charge in [-0.05, 0) is 12.3 Å². The molecular weight excluding hydrogens is 424 g/mol. The summed E-state index contributed by atoms with van der Waals surface area (Å²) in [6.07, 6.45) is 13.0. The van der Waals surface area contributed by atoms with E-state index in [4.69, 9.17) is 0 Å². The average molecular weight is 473 g/mol. The van der Waals surface area contributed by atoms with Gasteiger partial charge in [0.1, 0.15) is 0 Å². The van der Waals surface area contributed by atoms with E-state index in [1.807, 2.05) is 21.1 Å². The summed E-state index contributed by atoms with van der Waals surface area (Å²) in [4.78, 5) is 35.2. The first-order chi connectivity index (χ1) is 15.0.